The van der Waals surface area contributed by atoms with Gasteiger partial charge in [0.15, 0.2) is 0 Å². The van der Waals surface area contributed by atoms with Crippen LogP contribution in [0.4, 0.5) is 4.39 Å². The molecule has 1 aliphatic rings. The van der Waals surface area contributed by atoms with Crippen LogP contribution in [-0.4, -0.2) is 26.9 Å². The van der Waals surface area contributed by atoms with E-state index in [1.54, 1.807) is 0 Å². The summed E-state index contributed by atoms with van der Waals surface area (Å²) < 4.78 is 40.0. The minimum atomic E-state index is -3.88. The highest BCUT2D eigenvalue weighted by Gasteiger charge is 2.27. The van der Waals surface area contributed by atoms with Gasteiger partial charge < -0.3 is 5.32 Å². The van der Waals surface area contributed by atoms with E-state index in [-0.39, 0.29) is 15.3 Å². The molecule has 1 aliphatic heterocycles. The lowest BCUT2D eigenvalue weighted by molar-refractivity contribution is -0.122. The number of sulfonamides is 1. The molecule has 1 atom stereocenters. The van der Waals surface area contributed by atoms with Crippen molar-refractivity contribution in [1.29, 1.82) is 0 Å². The maximum absolute atomic E-state index is 13.0. The van der Waals surface area contributed by atoms with Crippen LogP contribution in [0.5, 0.6) is 0 Å². The van der Waals surface area contributed by atoms with Gasteiger partial charge in [-0.05, 0) is 53.4 Å². The Kier molecular flexibility index (Phi) is 4.77. The number of halogens is 2. The molecular formula is C12H14BrFN2O3S. The van der Waals surface area contributed by atoms with Crippen molar-refractivity contribution in [3.05, 3.63) is 28.5 Å². The van der Waals surface area contributed by atoms with Crippen LogP contribution in [0, 0.1) is 5.82 Å². The van der Waals surface area contributed by atoms with Gasteiger partial charge in [0.1, 0.15) is 11.9 Å². The van der Waals surface area contributed by atoms with Crippen molar-refractivity contribution in [3.8, 4) is 0 Å². The van der Waals surface area contributed by atoms with Gasteiger partial charge in [-0.3, -0.25) is 4.79 Å². The summed E-state index contributed by atoms with van der Waals surface area (Å²) in [5, 5.41) is 2.65. The molecule has 2 rings (SSSR count). The Morgan fingerprint density at radius 2 is 2.10 bits per heavy atom. The van der Waals surface area contributed by atoms with Crippen LogP contribution >= 0.6 is 15.9 Å². The van der Waals surface area contributed by atoms with E-state index < -0.39 is 21.9 Å². The number of hydrogen-bond donors (Lipinski definition) is 2. The van der Waals surface area contributed by atoms with Crippen molar-refractivity contribution < 1.29 is 17.6 Å². The summed E-state index contributed by atoms with van der Waals surface area (Å²) in [7, 11) is -3.88. The zero-order valence-electron chi connectivity index (χ0n) is 10.5. The van der Waals surface area contributed by atoms with Crippen LogP contribution in [0.3, 0.4) is 0 Å². The van der Waals surface area contributed by atoms with E-state index >= 15 is 0 Å². The SMILES string of the molecule is O=C1NCCCCC1NS(=O)(=O)c1ccc(F)cc1Br. The summed E-state index contributed by atoms with van der Waals surface area (Å²) in [6.07, 6.45) is 2.03. The molecular weight excluding hydrogens is 351 g/mol. The van der Waals surface area contributed by atoms with E-state index in [1.807, 2.05) is 0 Å². The first-order valence-corrected chi connectivity index (χ1v) is 8.43. The third-order valence-electron chi connectivity index (χ3n) is 3.02. The second-order valence-corrected chi connectivity index (χ2v) is 7.07. The van der Waals surface area contributed by atoms with E-state index in [2.05, 4.69) is 26.0 Å². The number of carbonyl (C=O) groups is 1. The van der Waals surface area contributed by atoms with Crippen molar-refractivity contribution >= 4 is 31.9 Å². The van der Waals surface area contributed by atoms with Crippen molar-refractivity contribution in [1.82, 2.24) is 10.0 Å². The molecule has 8 heteroatoms. The van der Waals surface area contributed by atoms with Gasteiger partial charge in [-0.1, -0.05) is 0 Å². The van der Waals surface area contributed by atoms with Gasteiger partial charge in [0, 0.05) is 11.0 Å². The first kappa shape index (κ1) is 15.4. The van der Waals surface area contributed by atoms with Crippen LogP contribution in [0.1, 0.15) is 19.3 Å². The Morgan fingerprint density at radius 3 is 2.80 bits per heavy atom. The monoisotopic (exact) mass is 364 g/mol. The summed E-state index contributed by atoms with van der Waals surface area (Å²) in [5.74, 6) is -0.868. The van der Waals surface area contributed by atoms with Gasteiger partial charge >= 0.3 is 0 Å². The molecule has 0 radical (unpaired) electrons. The van der Waals surface area contributed by atoms with Crippen molar-refractivity contribution in [2.45, 2.75) is 30.2 Å². The van der Waals surface area contributed by atoms with Crippen LogP contribution in [0.15, 0.2) is 27.6 Å². The van der Waals surface area contributed by atoms with Crippen LogP contribution in [0.2, 0.25) is 0 Å². The van der Waals surface area contributed by atoms with Gasteiger partial charge in [0.2, 0.25) is 15.9 Å². The highest BCUT2D eigenvalue weighted by atomic mass is 79.9. The van der Waals surface area contributed by atoms with Gasteiger partial charge in [-0.15, -0.1) is 0 Å². The topological polar surface area (TPSA) is 75.3 Å². The van der Waals surface area contributed by atoms with Crippen molar-refractivity contribution in [2.24, 2.45) is 0 Å². The fourth-order valence-corrected chi connectivity index (χ4v) is 4.28. The van der Waals surface area contributed by atoms with Crippen LogP contribution < -0.4 is 10.0 Å². The van der Waals surface area contributed by atoms with Crippen LogP contribution in [0.25, 0.3) is 0 Å². The molecule has 20 heavy (non-hydrogen) atoms. The minimum Gasteiger partial charge on any atom is -0.355 e. The third-order valence-corrected chi connectivity index (χ3v) is 5.46. The number of nitrogens with one attached hydrogen (secondary N) is 2. The van der Waals surface area contributed by atoms with Gasteiger partial charge in [-0.2, -0.15) is 4.72 Å². The fourth-order valence-electron chi connectivity index (χ4n) is 2.00. The normalized spacial score (nSPS) is 20.3. The summed E-state index contributed by atoms with van der Waals surface area (Å²) in [4.78, 5) is 11.7. The lowest BCUT2D eigenvalue weighted by Gasteiger charge is -2.16. The average molecular weight is 365 g/mol. The number of rotatable bonds is 3. The van der Waals surface area contributed by atoms with E-state index in [9.17, 15) is 17.6 Å². The van der Waals surface area contributed by atoms with Crippen molar-refractivity contribution in [2.75, 3.05) is 6.54 Å². The predicted octanol–water partition coefficient (Wildman–Crippen LogP) is 1.54. The molecule has 5 nitrogen and oxygen atoms in total. The lowest BCUT2D eigenvalue weighted by Crippen LogP contribution is -2.45. The van der Waals surface area contributed by atoms with E-state index in [0.717, 1.165) is 31.0 Å². The largest absolute Gasteiger partial charge is 0.355 e. The molecule has 1 aromatic rings. The Bertz CT molecular complexity index is 621. The van der Waals surface area contributed by atoms with Gasteiger partial charge in [0.05, 0.1) is 4.90 Å². The number of benzene rings is 1. The quantitative estimate of drug-likeness (QED) is 0.853. The second-order valence-electron chi connectivity index (χ2n) is 4.54. The lowest BCUT2D eigenvalue weighted by atomic mass is 10.1. The Labute approximate surface area is 125 Å². The highest BCUT2D eigenvalue weighted by molar-refractivity contribution is 9.10. The molecule has 110 valence electrons. The highest BCUT2D eigenvalue weighted by Crippen LogP contribution is 2.23. The molecule has 0 aromatic heterocycles. The van der Waals surface area contributed by atoms with Crippen LogP contribution in [-0.2, 0) is 14.8 Å². The molecule has 1 aromatic carbocycles. The van der Waals surface area contributed by atoms with Gasteiger partial charge in [-0.25, -0.2) is 12.8 Å². The number of amides is 1. The van der Waals surface area contributed by atoms with E-state index in [0.29, 0.717) is 13.0 Å². The molecule has 2 N–H and O–H groups in total. The summed E-state index contributed by atoms with van der Waals surface area (Å²) in [6, 6.07) is 2.50. The molecule has 1 saturated heterocycles. The summed E-state index contributed by atoms with van der Waals surface area (Å²) in [6.45, 7) is 0.553. The Hall–Kier alpha value is -0.990. The predicted molar refractivity (Wildman–Crippen MR) is 75.1 cm³/mol. The smallest absolute Gasteiger partial charge is 0.242 e. The number of hydrogen-bond acceptors (Lipinski definition) is 3. The minimum absolute atomic E-state index is 0.0871. The molecule has 1 unspecified atom stereocenters. The molecule has 0 aliphatic carbocycles. The summed E-state index contributed by atoms with van der Waals surface area (Å²) in [5.41, 5.74) is 0. The standard InChI is InChI=1S/C12H14BrFN2O3S/c13-9-7-8(14)4-5-11(9)20(18,19)16-10-3-1-2-6-15-12(10)17/h4-5,7,10,16H,1-3,6H2,(H,15,17). The molecule has 0 bridgehead atoms. The maximum Gasteiger partial charge on any atom is 0.242 e. The molecule has 1 heterocycles. The first-order valence-electron chi connectivity index (χ1n) is 6.15. The van der Waals surface area contributed by atoms with Crippen molar-refractivity contribution in [3.63, 3.8) is 0 Å². The Balaban J connectivity index is 2.24. The number of carbonyl (C=O) groups excluding carboxylic acids is 1. The first-order chi connectivity index (χ1) is 9.40. The molecule has 1 fully saturated rings. The van der Waals surface area contributed by atoms with E-state index in [4.69, 9.17) is 0 Å². The zero-order chi connectivity index (χ0) is 14.8. The Morgan fingerprint density at radius 1 is 1.35 bits per heavy atom. The molecule has 0 spiro atoms. The van der Waals surface area contributed by atoms with Gasteiger partial charge in [0.25, 0.3) is 0 Å². The zero-order valence-corrected chi connectivity index (χ0v) is 12.9. The maximum atomic E-state index is 13.0. The summed E-state index contributed by atoms with van der Waals surface area (Å²) >= 11 is 3.02. The fraction of sp³-hybridized carbons (Fsp3) is 0.417. The molecule has 1 amide bonds. The second kappa shape index (κ2) is 6.19. The third kappa shape index (κ3) is 3.56. The molecule has 0 saturated carbocycles. The van der Waals surface area contributed by atoms with E-state index in [1.165, 1.54) is 0 Å². The average Bonchev–Trinajstić information content (AvgIpc) is 2.54.